The van der Waals surface area contributed by atoms with Gasteiger partial charge in [0, 0.05) is 11.5 Å². The van der Waals surface area contributed by atoms with Crippen molar-refractivity contribution in [1.29, 1.82) is 0 Å². The predicted molar refractivity (Wildman–Crippen MR) is 51.1 cm³/mol. The van der Waals surface area contributed by atoms with Gasteiger partial charge >= 0.3 is 0 Å². The van der Waals surface area contributed by atoms with Crippen LogP contribution in [0.1, 0.15) is 18.5 Å². The van der Waals surface area contributed by atoms with Gasteiger partial charge in [0.1, 0.15) is 0 Å². The first-order valence-electron chi connectivity index (χ1n) is 4.52. The molecule has 2 heteroatoms. The van der Waals surface area contributed by atoms with Crippen molar-refractivity contribution in [3.63, 3.8) is 0 Å². The highest BCUT2D eigenvalue weighted by Gasteiger charge is 2.39. The van der Waals surface area contributed by atoms with Crippen LogP contribution in [-0.4, -0.2) is 13.2 Å². The van der Waals surface area contributed by atoms with E-state index >= 15 is 0 Å². The summed E-state index contributed by atoms with van der Waals surface area (Å²) in [6.45, 7) is 3.71. The molecule has 1 aromatic carbocycles. The highest BCUT2D eigenvalue weighted by molar-refractivity contribution is 5.21. The molecule has 0 bridgehead atoms. The van der Waals surface area contributed by atoms with E-state index in [4.69, 9.17) is 10.5 Å². The average Bonchev–Trinajstić information content (AvgIpc) is 2.14. The number of rotatable bonds is 2. The van der Waals surface area contributed by atoms with E-state index in [-0.39, 0.29) is 11.5 Å². The lowest BCUT2D eigenvalue weighted by Gasteiger charge is -2.42. The molecule has 2 nitrogen and oxygen atoms in total. The van der Waals surface area contributed by atoms with Crippen LogP contribution in [0.15, 0.2) is 24.3 Å². The fourth-order valence-corrected chi connectivity index (χ4v) is 1.61. The Morgan fingerprint density at radius 3 is 2.54 bits per heavy atom. The minimum Gasteiger partial charge on any atom is -0.380 e. The fourth-order valence-electron chi connectivity index (χ4n) is 1.61. The second kappa shape index (κ2) is 3.13. The van der Waals surface area contributed by atoms with Gasteiger partial charge in [0.05, 0.1) is 13.2 Å². The van der Waals surface area contributed by atoms with Crippen LogP contribution in [0.4, 0.5) is 0 Å². The molecule has 0 saturated carbocycles. The van der Waals surface area contributed by atoms with Crippen LogP contribution in [0.25, 0.3) is 0 Å². The summed E-state index contributed by atoms with van der Waals surface area (Å²) in [4.78, 5) is 0. The van der Waals surface area contributed by atoms with Crippen molar-refractivity contribution < 1.29 is 4.74 Å². The maximum atomic E-state index is 6.14. The first-order valence-corrected chi connectivity index (χ1v) is 4.52. The van der Waals surface area contributed by atoms with Crippen molar-refractivity contribution in [2.75, 3.05) is 13.2 Å². The lowest BCUT2D eigenvalue weighted by atomic mass is 9.77. The van der Waals surface area contributed by atoms with Crippen molar-refractivity contribution in [3.05, 3.63) is 35.9 Å². The van der Waals surface area contributed by atoms with Crippen LogP contribution in [0, 0.1) is 11.5 Å². The first-order chi connectivity index (χ1) is 6.22. The average molecular weight is 176 g/mol. The molecule has 1 aliphatic rings. The molecule has 1 aliphatic heterocycles. The normalized spacial score (nSPS) is 22.0. The molecule has 1 aromatic rings. The molecule has 69 valence electrons. The molecule has 1 unspecified atom stereocenters. The minimum absolute atomic E-state index is 0.0795. The molecular formula is C11H14NO. The van der Waals surface area contributed by atoms with E-state index in [2.05, 4.69) is 13.0 Å². The zero-order chi connectivity index (χ0) is 9.31. The maximum absolute atomic E-state index is 6.14. The van der Waals surface area contributed by atoms with Gasteiger partial charge in [-0.25, -0.2) is 0 Å². The summed E-state index contributed by atoms with van der Waals surface area (Å²) in [6.07, 6.45) is 0. The Morgan fingerprint density at radius 1 is 1.46 bits per heavy atom. The Morgan fingerprint density at radius 2 is 2.08 bits per heavy atom. The van der Waals surface area contributed by atoms with Crippen molar-refractivity contribution in [2.24, 2.45) is 11.1 Å². The van der Waals surface area contributed by atoms with Gasteiger partial charge in [-0.2, -0.15) is 0 Å². The van der Waals surface area contributed by atoms with E-state index in [9.17, 15) is 0 Å². The fraction of sp³-hybridized carbons (Fsp3) is 0.455. The van der Waals surface area contributed by atoms with Gasteiger partial charge in [-0.15, -0.1) is 0 Å². The second-order valence-corrected chi connectivity index (χ2v) is 3.96. The van der Waals surface area contributed by atoms with Crippen molar-refractivity contribution in [3.8, 4) is 0 Å². The molecule has 1 heterocycles. The second-order valence-electron chi connectivity index (χ2n) is 3.96. The molecule has 1 fully saturated rings. The highest BCUT2D eigenvalue weighted by Crippen LogP contribution is 2.37. The zero-order valence-electron chi connectivity index (χ0n) is 7.79. The third kappa shape index (κ3) is 1.47. The molecule has 1 saturated heterocycles. The lowest BCUT2D eigenvalue weighted by Crippen LogP contribution is -2.47. The summed E-state index contributed by atoms with van der Waals surface area (Å²) in [7, 11) is 0. The zero-order valence-corrected chi connectivity index (χ0v) is 7.79. The monoisotopic (exact) mass is 176 g/mol. The first kappa shape index (κ1) is 8.73. The molecule has 0 aromatic heterocycles. The summed E-state index contributed by atoms with van der Waals surface area (Å²) in [5, 5.41) is 0. The van der Waals surface area contributed by atoms with E-state index in [1.54, 1.807) is 0 Å². The van der Waals surface area contributed by atoms with Gasteiger partial charge in [0.15, 0.2) is 0 Å². The quantitative estimate of drug-likeness (QED) is 0.741. The van der Waals surface area contributed by atoms with Gasteiger partial charge in [0.2, 0.25) is 0 Å². The van der Waals surface area contributed by atoms with Gasteiger partial charge in [0.25, 0.3) is 0 Å². The Balaban J connectivity index is 2.17. The standard InChI is InChI=1S/C11H14NO/c1-11(7-13-8-11)10(12)9-5-3-2-4-6-9/h3-6,10H,7-8,12H2,1H3. The molecule has 0 spiro atoms. The van der Waals surface area contributed by atoms with Gasteiger partial charge < -0.3 is 10.5 Å². The molecule has 0 amide bonds. The van der Waals surface area contributed by atoms with E-state index in [1.165, 1.54) is 5.56 Å². The molecule has 2 N–H and O–H groups in total. The summed E-state index contributed by atoms with van der Waals surface area (Å²) >= 11 is 0. The van der Waals surface area contributed by atoms with Crippen LogP contribution < -0.4 is 5.73 Å². The third-order valence-electron chi connectivity index (χ3n) is 2.72. The number of ether oxygens (including phenoxy) is 1. The largest absolute Gasteiger partial charge is 0.380 e. The number of hydrogen-bond donors (Lipinski definition) is 1. The van der Waals surface area contributed by atoms with Crippen molar-refractivity contribution in [1.82, 2.24) is 0 Å². The van der Waals surface area contributed by atoms with E-state index in [0.717, 1.165) is 13.2 Å². The Labute approximate surface area is 78.7 Å². The molecule has 0 aliphatic carbocycles. The summed E-state index contributed by atoms with van der Waals surface area (Å²) < 4.78 is 5.19. The number of nitrogens with two attached hydrogens (primary N) is 1. The van der Waals surface area contributed by atoms with Crippen molar-refractivity contribution in [2.45, 2.75) is 13.0 Å². The van der Waals surface area contributed by atoms with E-state index < -0.39 is 0 Å². The van der Waals surface area contributed by atoms with Crippen LogP contribution in [0.5, 0.6) is 0 Å². The minimum atomic E-state index is 0.0795. The van der Waals surface area contributed by atoms with Gasteiger partial charge in [-0.05, 0) is 11.6 Å². The Bertz CT molecular complexity index is 279. The smallest absolute Gasteiger partial charge is 0.0560 e. The summed E-state index contributed by atoms with van der Waals surface area (Å²) in [5.41, 5.74) is 7.44. The highest BCUT2D eigenvalue weighted by atomic mass is 16.5. The van der Waals surface area contributed by atoms with Crippen LogP contribution in [0.3, 0.4) is 0 Å². The van der Waals surface area contributed by atoms with Crippen LogP contribution in [-0.2, 0) is 4.74 Å². The van der Waals surface area contributed by atoms with Gasteiger partial charge in [-0.3, -0.25) is 0 Å². The Kier molecular flexibility index (Phi) is 2.10. The van der Waals surface area contributed by atoms with E-state index in [0.29, 0.717) is 0 Å². The molecule has 13 heavy (non-hydrogen) atoms. The van der Waals surface area contributed by atoms with Gasteiger partial charge in [-0.1, -0.05) is 31.2 Å². The SMILES string of the molecule is CC1(C(N)c2cc[c]cc2)COC1. The third-order valence-corrected chi connectivity index (χ3v) is 2.72. The van der Waals surface area contributed by atoms with E-state index in [1.807, 2.05) is 24.3 Å². The number of benzene rings is 1. The summed E-state index contributed by atoms with van der Waals surface area (Å²) in [6, 6.07) is 10.9. The van der Waals surface area contributed by atoms with Crippen LogP contribution in [0.2, 0.25) is 0 Å². The molecule has 1 atom stereocenters. The molecule has 1 radical (unpaired) electrons. The van der Waals surface area contributed by atoms with Crippen molar-refractivity contribution >= 4 is 0 Å². The Hall–Kier alpha value is -0.860. The topological polar surface area (TPSA) is 35.2 Å². The summed E-state index contributed by atoms with van der Waals surface area (Å²) in [5.74, 6) is 0. The molecular weight excluding hydrogens is 162 g/mol. The van der Waals surface area contributed by atoms with Crippen LogP contribution >= 0.6 is 0 Å². The predicted octanol–water partition coefficient (Wildman–Crippen LogP) is 1.52. The maximum Gasteiger partial charge on any atom is 0.0560 e. The molecule has 2 rings (SSSR count). The number of hydrogen-bond acceptors (Lipinski definition) is 2. The lowest BCUT2D eigenvalue weighted by molar-refractivity contribution is -0.115.